The molecule has 4 nitrogen and oxygen atoms in total. The van der Waals surface area contributed by atoms with Crippen molar-refractivity contribution in [2.75, 3.05) is 0 Å². The molecule has 3 unspecified atom stereocenters. The molecule has 4 atom stereocenters. The first-order valence-electron chi connectivity index (χ1n) is 8.00. The summed E-state index contributed by atoms with van der Waals surface area (Å²) in [5.74, 6) is 0.577. The predicted octanol–water partition coefficient (Wildman–Crippen LogP) is 4.08. The Labute approximate surface area is 140 Å². The van der Waals surface area contributed by atoms with E-state index in [1.807, 2.05) is 11.8 Å². The molecule has 0 amide bonds. The van der Waals surface area contributed by atoms with Crippen LogP contribution in [0.3, 0.4) is 0 Å². The summed E-state index contributed by atoms with van der Waals surface area (Å²) in [6.45, 7) is 5.87. The first kappa shape index (κ1) is 16.2. The summed E-state index contributed by atoms with van der Waals surface area (Å²) in [7, 11) is 0. The third-order valence-corrected chi connectivity index (χ3v) is 6.60. The first-order valence-corrected chi connectivity index (χ1v) is 8.88. The van der Waals surface area contributed by atoms with Crippen LogP contribution in [-0.2, 0) is 4.79 Å². The van der Waals surface area contributed by atoms with Crippen molar-refractivity contribution in [1.82, 2.24) is 0 Å². The second-order valence-corrected chi connectivity index (χ2v) is 8.21. The van der Waals surface area contributed by atoms with E-state index in [0.717, 1.165) is 12.8 Å². The van der Waals surface area contributed by atoms with Crippen LogP contribution in [0.4, 0.5) is 0 Å². The van der Waals surface area contributed by atoms with E-state index in [1.54, 1.807) is 18.2 Å². The van der Waals surface area contributed by atoms with Gasteiger partial charge in [-0.3, -0.25) is 14.9 Å². The average Bonchev–Trinajstić information content (AvgIpc) is 2.91. The highest BCUT2D eigenvalue weighted by molar-refractivity contribution is 8.04. The smallest absolute Gasteiger partial charge is 0.256 e. The van der Waals surface area contributed by atoms with Crippen LogP contribution in [0.25, 0.3) is 0 Å². The Morgan fingerprint density at radius 1 is 1.39 bits per heavy atom. The molecular formula is C18H21NO3S. The molecule has 2 aliphatic carbocycles. The molecule has 1 aliphatic heterocycles. The van der Waals surface area contributed by atoms with Crippen molar-refractivity contribution in [3.8, 4) is 0 Å². The Morgan fingerprint density at radius 2 is 2.13 bits per heavy atom. The minimum absolute atomic E-state index is 0.0794. The van der Waals surface area contributed by atoms with Gasteiger partial charge in [0, 0.05) is 22.7 Å². The van der Waals surface area contributed by atoms with Crippen LogP contribution in [0.5, 0.6) is 0 Å². The first-order chi connectivity index (χ1) is 10.8. The molecule has 1 heterocycles. The average molecular weight is 331 g/mol. The summed E-state index contributed by atoms with van der Waals surface area (Å²) in [4.78, 5) is 25.3. The Morgan fingerprint density at radius 3 is 2.83 bits per heavy atom. The fourth-order valence-corrected chi connectivity index (χ4v) is 5.10. The zero-order chi connectivity index (χ0) is 16.8. The van der Waals surface area contributed by atoms with Crippen molar-refractivity contribution in [2.45, 2.75) is 44.4 Å². The van der Waals surface area contributed by atoms with Crippen molar-refractivity contribution < 1.29 is 9.72 Å². The van der Waals surface area contributed by atoms with Crippen LogP contribution in [0.2, 0.25) is 0 Å². The second-order valence-electron chi connectivity index (χ2n) is 6.79. The van der Waals surface area contributed by atoms with Crippen molar-refractivity contribution in [1.29, 1.82) is 0 Å². The van der Waals surface area contributed by atoms with Gasteiger partial charge in [0.15, 0.2) is 5.78 Å². The Balaban J connectivity index is 1.87. The number of rotatable bonds is 3. The topological polar surface area (TPSA) is 60.2 Å². The van der Waals surface area contributed by atoms with Crippen molar-refractivity contribution in [2.24, 2.45) is 11.8 Å². The van der Waals surface area contributed by atoms with E-state index in [9.17, 15) is 14.9 Å². The molecule has 3 aliphatic rings. The maximum atomic E-state index is 13.0. The summed E-state index contributed by atoms with van der Waals surface area (Å²) < 4.78 is 0. The normalized spacial score (nSPS) is 36.0. The van der Waals surface area contributed by atoms with E-state index in [4.69, 9.17) is 0 Å². The lowest BCUT2D eigenvalue weighted by molar-refractivity contribution is -0.535. The third kappa shape index (κ3) is 2.71. The molecule has 0 radical (unpaired) electrons. The Kier molecular flexibility index (Phi) is 4.08. The molecule has 0 N–H and O–H groups in total. The van der Waals surface area contributed by atoms with E-state index in [1.165, 1.54) is 29.6 Å². The number of thioether (sulfide) groups is 1. The molecule has 0 fully saturated rings. The molecule has 0 aromatic heterocycles. The van der Waals surface area contributed by atoms with Crippen molar-refractivity contribution in [3.05, 3.63) is 56.5 Å². The van der Waals surface area contributed by atoms with Crippen LogP contribution < -0.4 is 0 Å². The van der Waals surface area contributed by atoms with Gasteiger partial charge in [-0.05, 0) is 47.5 Å². The largest absolute Gasteiger partial charge is 0.293 e. The molecule has 0 saturated carbocycles. The lowest BCUT2D eigenvalue weighted by Gasteiger charge is -2.18. The maximum Gasteiger partial charge on any atom is 0.256 e. The summed E-state index contributed by atoms with van der Waals surface area (Å²) >= 11 is 1.84. The van der Waals surface area contributed by atoms with E-state index >= 15 is 0 Å². The molecule has 0 bridgehead atoms. The highest BCUT2D eigenvalue weighted by atomic mass is 32.2. The maximum absolute atomic E-state index is 13.0. The Hall–Kier alpha value is -1.62. The van der Waals surface area contributed by atoms with Gasteiger partial charge in [0.1, 0.15) is 0 Å². The van der Waals surface area contributed by atoms with Crippen LogP contribution >= 0.6 is 11.8 Å². The summed E-state index contributed by atoms with van der Waals surface area (Å²) in [6.07, 6.45) is 10.1. The summed E-state index contributed by atoms with van der Waals surface area (Å²) in [5, 5.41) is 11.4. The number of nitro groups is 1. The molecule has 0 aromatic rings. The van der Waals surface area contributed by atoms with E-state index in [2.05, 4.69) is 13.8 Å². The number of carbonyl (C=O) groups is 1. The number of nitrogens with zero attached hydrogens (tertiary/aromatic N) is 1. The fraction of sp³-hybridized carbons (Fsp3) is 0.500. The number of ketones is 1. The molecule has 23 heavy (non-hydrogen) atoms. The van der Waals surface area contributed by atoms with Crippen molar-refractivity contribution in [3.63, 3.8) is 0 Å². The van der Waals surface area contributed by atoms with E-state index in [-0.39, 0.29) is 21.9 Å². The van der Waals surface area contributed by atoms with Crippen LogP contribution in [0.1, 0.15) is 33.6 Å². The van der Waals surface area contributed by atoms with E-state index in [0.29, 0.717) is 11.5 Å². The van der Waals surface area contributed by atoms with Gasteiger partial charge < -0.3 is 0 Å². The number of allylic oxidation sites excluding steroid dienone is 6. The molecule has 5 heteroatoms. The van der Waals surface area contributed by atoms with Crippen LogP contribution in [0, 0.1) is 22.0 Å². The van der Waals surface area contributed by atoms with Gasteiger partial charge in [0.05, 0.1) is 5.92 Å². The second kappa shape index (κ2) is 5.78. The van der Waals surface area contributed by atoms with Crippen molar-refractivity contribution >= 4 is 17.5 Å². The Bertz CT molecular complexity index is 688. The fourth-order valence-electron chi connectivity index (χ4n) is 3.55. The quantitative estimate of drug-likeness (QED) is 0.577. The molecule has 0 aromatic carbocycles. The molecule has 3 rings (SSSR count). The van der Waals surface area contributed by atoms with E-state index < -0.39 is 5.54 Å². The molecular weight excluding hydrogens is 310 g/mol. The molecule has 0 saturated heterocycles. The third-order valence-electron chi connectivity index (χ3n) is 5.04. The number of hydrogen-bond donors (Lipinski definition) is 0. The monoisotopic (exact) mass is 331 g/mol. The molecule has 0 spiro atoms. The predicted molar refractivity (Wildman–Crippen MR) is 92.7 cm³/mol. The summed E-state index contributed by atoms with van der Waals surface area (Å²) in [6, 6.07) is 0. The SMILES string of the molecule is CC1SC2=C(CC[C@H]2C)C1C(=O)C1=CC=CC(C)([N+](=O)[O-])C=C1. The minimum Gasteiger partial charge on any atom is -0.293 e. The van der Waals surface area contributed by atoms with Crippen LogP contribution in [0.15, 0.2) is 46.4 Å². The highest BCUT2D eigenvalue weighted by Crippen LogP contribution is 2.53. The van der Waals surface area contributed by atoms with Gasteiger partial charge in [0.25, 0.3) is 5.54 Å². The zero-order valence-electron chi connectivity index (χ0n) is 13.6. The highest BCUT2D eigenvalue weighted by Gasteiger charge is 2.42. The van der Waals surface area contributed by atoms with Crippen LogP contribution in [-0.4, -0.2) is 21.5 Å². The number of hydrogen-bond acceptors (Lipinski definition) is 4. The zero-order valence-corrected chi connectivity index (χ0v) is 14.4. The number of Topliss-reactive ketones (excluding diaryl/α,β-unsaturated/α-hetero) is 1. The van der Waals surface area contributed by atoms with Gasteiger partial charge in [-0.25, -0.2) is 0 Å². The lowest BCUT2D eigenvalue weighted by Crippen LogP contribution is -2.29. The standard InChI is InChI=1S/C18H21NO3S/c1-11-6-7-14-15(12(2)23-17(11)14)16(20)13-5-4-9-18(3,10-8-13)19(21)22/h4-5,8-12,15H,6-7H2,1-3H3/t11-,12?,15?,18?/m1/s1. The van der Waals surface area contributed by atoms with Gasteiger partial charge in [0.2, 0.25) is 0 Å². The number of carbonyl (C=O) groups excluding carboxylic acids is 1. The van der Waals surface area contributed by atoms with Gasteiger partial charge in [-0.2, -0.15) is 0 Å². The van der Waals surface area contributed by atoms with Gasteiger partial charge >= 0.3 is 0 Å². The van der Waals surface area contributed by atoms with Gasteiger partial charge in [-0.1, -0.05) is 26.0 Å². The summed E-state index contributed by atoms with van der Waals surface area (Å²) in [5.41, 5.74) is 0.623. The minimum atomic E-state index is -1.25. The lowest BCUT2D eigenvalue weighted by atomic mass is 9.87. The van der Waals surface area contributed by atoms with Gasteiger partial charge in [-0.15, -0.1) is 11.8 Å². The molecule has 122 valence electrons.